The van der Waals surface area contributed by atoms with Crippen LogP contribution in [0, 0.1) is 0 Å². The quantitative estimate of drug-likeness (QED) is 0.0513. The minimum atomic E-state index is -0.0413. The van der Waals surface area contributed by atoms with Gasteiger partial charge >= 0.3 is 17.1 Å². The van der Waals surface area contributed by atoms with Crippen LogP contribution in [0.2, 0.25) is 80.4 Å². The first kappa shape index (κ1) is 43.1. The largest absolute Gasteiger partial charge is 2.00 e. The van der Waals surface area contributed by atoms with Crippen molar-refractivity contribution >= 4 is 275 Å². The van der Waals surface area contributed by atoms with E-state index < -0.39 is 0 Å². The Morgan fingerprint density at radius 3 is 0.561 bits per heavy atom. The van der Waals surface area contributed by atoms with Crippen LogP contribution in [0.1, 0.15) is 0 Å². The molecule has 9 rings (SSSR count). The number of halogens is 16. The SMILES string of the molecule is Clc1c(Cl)c(Cl)c2c3[n-]c(c2c1Cl)Nc1[nH]c(c2c(Cl)c(Cl)c(Cl)c(Cl)c12)Nc1[n-]c(c2c(Cl)c(Cl)c(Cl)c(Cl)c12)Nc1[nH]c(c2c(Cl)c(Cl)c(Cl)c(Cl)c12)N3.[Cu+2]. The number of nitrogens with one attached hydrogen (secondary N) is 6. The van der Waals surface area contributed by atoms with Gasteiger partial charge in [-0.2, -0.15) is 0 Å². The van der Waals surface area contributed by atoms with Crippen molar-refractivity contribution in [1.82, 2.24) is 19.9 Å². The van der Waals surface area contributed by atoms with Crippen LogP contribution < -0.4 is 31.2 Å². The van der Waals surface area contributed by atoms with Crippen LogP contribution in [0.15, 0.2) is 0 Å². The third-order valence-electron chi connectivity index (χ3n) is 8.94. The normalized spacial score (nSPS) is 12.6. The number of hydrogen-bond acceptors (Lipinski definition) is 4. The van der Waals surface area contributed by atoms with Crippen molar-refractivity contribution in [2.45, 2.75) is 0 Å². The third-order valence-corrected chi connectivity index (χ3v) is 16.1. The zero-order chi connectivity index (χ0) is 40.1. The molecule has 0 spiro atoms. The van der Waals surface area contributed by atoms with Crippen LogP contribution in [0.4, 0.5) is 46.5 Å². The van der Waals surface area contributed by atoms with Gasteiger partial charge in [0.1, 0.15) is 0 Å². The van der Waals surface area contributed by atoms with Gasteiger partial charge in [-0.05, 0) is 0 Å². The molecule has 5 heterocycles. The number of nitrogens with zero attached hydrogens (tertiary/aromatic N) is 2. The molecular formula is C32H6Cl16CuN8. The second-order valence-electron chi connectivity index (χ2n) is 11.9. The second kappa shape index (κ2) is 15.3. The zero-order valence-electron chi connectivity index (χ0n) is 26.2. The molecular weight excluding hydrogens is 1130 g/mol. The van der Waals surface area contributed by atoms with Crippen LogP contribution in [-0.2, 0) is 17.1 Å². The first-order valence-corrected chi connectivity index (χ1v) is 21.0. The molecule has 0 saturated heterocycles. The maximum absolute atomic E-state index is 6.89. The van der Waals surface area contributed by atoms with Crippen molar-refractivity contribution < 1.29 is 17.1 Å². The van der Waals surface area contributed by atoms with Gasteiger partial charge in [-0.15, -0.1) is 0 Å². The minimum absolute atomic E-state index is 0. The standard InChI is InChI=1S/C32H6Cl16N8.Cu/c33-9-1-2(10(34)18(42)17(9)41)26-49-25(1)53-27-3-4(12(36)20(44)19(43)11(3)35)29(50-27)55-31-7-8(16(40)24(48)23(47)15(7)39)32(52-31)56-30-6-5(28(51-30)54-26)13(37)21(45)22(46)14(6)38;/h49,52-56H;/q-2;+2. The summed E-state index contributed by atoms with van der Waals surface area (Å²) in [7, 11) is 0. The van der Waals surface area contributed by atoms with Gasteiger partial charge in [0, 0.05) is 66.4 Å². The monoisotopic (exact) mass is 1120 g/mol. The van der Waals surface area contributed by atoms with Gasteiger partial charge in [-0.1, -0.05) is 186 Å². The maximum atomic E-state index is 6.89. The molecule has 0 amide bonds. The molecule has 8 nitrogen and oxygen atoms in total. The Labute approximate surface area is 409 Å². The van der Waals surface area contributed by atoms with Crippen LogP contribution in [0.5, 0.6) is 0 Å². The zero-order valence-corrected chi connectivity index (χ0v) is 39.3. The molecule has 0 unspecified atom stereocenters. The van der Waals surface area contributed by atoms with E-state index in [2.05, 4.69) is 31.2 Å². The average Bonchev–Trinajstić information content (AvgIpc) is 3.92. The van der Waals surface area contributed by atoms with E-state index in [1.54, 1.807) is 0 Å². The molecule has 297 valence electrons. The van der Waals surface area contributed by atoms with Crippen molar-refractivity contribution in [2.75, 3.05) is 21.3 Å². The summed E-state index contributed by atoms with van der Waals surface area (Å²) in [4.78, 5) is 16.2. The number of aromatic amines is 2. The number of fused-ring (bicyclic) bond motifs is 20. The average molecular weight is 1130 g/mol. The van der Waals surface area contributed by atoms with E-state index in [0.717, 1.165) is 0 Å². The smallest absolute Gasteiger partial charge is 0.399 e. The molecule has 1 radical (unpaired) electrons. The van der Waals surface area contributed by atoms with E-state index >= 15 is 0 Å². The maximum Gasteiger partial charge on any atom is 2.00 e. The fourth-order valence-electron chi connectivity index (χ4n) is 6.51. The summed E-state index contributed by atoms with van der Waals surface area (Å²) in [6.45, 7) is 0. The van der Waals surface area contributed by atoms with Gasteiger partial charge in [-0.25, -0.2) is 0 Å². The van der Waals surface area contributed by atoms with E-state index in [1.807, 2.05) is 0 Å². The molecule has 25 heteroatoms. The fourth-order valence-corrected chi connectivity index (χ4v) is 10.7. The number of hydrogen-bond donors (Lipinski definition) is 6. The second-order valence-corrected chi connectivity index (χ2v) is 17.9. The molecule has 0 atom stereocenters. The number of benzene rings is 4. The van der Waals surface area contributed by atoms with E-state index in [9.17, 15) is 0 Å². The fraction of sp³-hybridized carbons (Fsp3) is 0. The predicted molar refractivity (Wildman–Crippen MR) is 244 cm³/mol. The molecule has 0 saturated carbocycles. The van der Waals surface area contributed by atoms with Gasteiger partial charge in [0.25, 0.3) is 0 Å². The summed E-state index contributed by atoms with van der Waals surface area (Å²) in [6.07, 6.45) is 0. The van der Waals surface area contributed by atoms with Crippen molar-refractivity contribution in [2.24, 2.45) is 0 Å². The molecule has 1 aliphatic rings. The first-order chi connectivity index (χ1) is 26.4. The summed E-state index contributed by atoms with van der Waals surface area (Å²) in [5, 5.41) is 14.9. The number of rotatable bonds is 0. The van der Waals surface area contributed by atoms with E-state index in [0.29, 0.717) is 0 Å². The first-order valence-electron chi connectivity index (χ1n) is 14.9. The van der Waals surface area contributed by atoms with E-state index in [1.165, 1.54) is 0 Å². The van der Waals surface area contributed by atoms with Gasteiger partial charge in [0.05, 0.1) is 104 Å². The molecule has 8 aromatic rings. The Kier molecular flexibility index (Phi) is 11.6. The van der Waals surface area contributed by atoms with Crippen molar-refractivity contribution in [1.29, 1.82) is 0 Å². The summed E-state index contributed by atoms with van der Waals surface area (Å²) in [5.41, 5.74) is 0. The van der Waals surface area contributed by atoms with E-state index in [-0.39, 0.29) is 187 Å². The Balaban J connectivity index is 0.00000455. The minimum Gasteiger partial charge on any atom is -0.399 e. The Morgan fingerprint density at radius 2 is 0.386 bits per heavy atom. The Hall–Kier alpha value is -0.601. The number of anilines is 8. The Morgan fingerprint density at radius 1 is 0.228 bits per heavy atom. The molecule has 57 heavy (non-hydrogen) atoms. The van der Waals surface area contributed by atoms with Crippen molar-refractivity contribution in [3.63, 3.8) is 0 Å². The van der Waals surface area contributed by atoms with Crippen molar-refractivity contribution in [3.05, 3.63) is 80.4 Å². The van der Waals surface area contributed by atoms with Crippen LogP contribution in [0.25, 0.3) is 43.1 Å². The molecule has 4 aromatic heterocycles. The third kappa shape index (κ3) is 6.22. The summed E-state index contributed by atoms with van der Waals surface area (Å²) in [5.74, 6) is 1.26. The van der Waals surface area contributed by atoms with Gasteiger partial charge in [0.15, 0.2) is 0 Å². The Bertz CT molecular complexity index is 2520. The predicted octanol–water partition coefficient (Wildman–Crippen LogP) is 18.6. The van der Waals surface area contributed by atoms with Crippen LogP contribution in [0.3, 0.4) is 0 Å². The van der Waals surface area contributed by atoms with Crippen LogP contribution >= 0.6 is 186 Å². The molecule has 4 aromatic carbocycles. The molecule has 1 aliphatic heterocycles. The topological polar surface area (TPSA) is 108 Å². The summed E-state index contributed by atoms with van der Waals surface area (Å²) < 4.78 is 0. The summed E-state index contributed by atoms with van der Waals surface area (Å²) in [6, 6.07) is 0. The van der Waals surface area contributed by atoms with Crippen LogP contribution in [-0.4, -0.2) is 9.97 Å². The molecule has 0 aliphatic carbocycles. The molecule has 8 bridgehead atoms. The summed E-state index contributed by atoms with van der Waals surface area (Å²) >= 11 is 108. The number of aromatic nitrogens is 4. The van der Waals surface area contributed by atoms with Gasteiger partial charge in [-0.3, -0.25) is 0 Å². The van der Waals surface area contributed by atoms with Gasteiger partial charge < -0.3 is 41.2 Å². The van der Waals surface area contributed by atoms with Gasteiger partial charge in [0.2, 0.25) is 0 Å². The molecule has 6 N–H and O–H groups in total. The van der Waals surface area contributed by atoms with Crippen molar-refractivity contribution in [3.8, 4) is 0 Å². The van der Waals surface area contributed by atoms with E-state index in [4.69, 9.17) is 196 Å². The molecule has 0 fully saturated rings. The number of H-pyrrole nitrogens is 2.